The molecule has 8 rings (SSSR count). The number of hydrogen-bond acceptors (Lipinski definition) is 8. The average Bonchev–Trinajstić information content (AvgIpc) is 3.62. The highest BCUT2D eigenvalue weighted by molar-refractivity contribution is 6.35. The summed E-state index contributed by atoms with van der Waals surface area (Å²) in [5, 5.41) is 5.52. The van der Waals surface area contributed by atoms with Crippen molar-refractivity contribution in [2.75, 3.05) is 20.4 Å². The molecule has 0 aliphatic carbocycles. The number of carbonyl (C=O) groups excluding carboxylic acids is 6. The zero-order chi connectivity index (χ0) is 40.2. The minimum absolute atomic E-state index is 0.138. The lowest BCUT2D eigenvalue weighted by molar-refractivity contribution is 0.0910. The number of imide groups is 2. The second-order valence-electron chi connectivity index (χ2n) is 14.4. The van der Waals surface area contributed by atoms with Gasteiger partial charge in [0.15, 0.2) is 0 Å². The van der Waals surface area contributed by atoms with Crippen molar-refractivity contribution in [3.63, 3.8) is 0 Å². The van der Waals surface area contributed by atoms with Gasteiger partial charge < -0.3 is 10.6 Å². The molecule has 0 radical (unpaired) electrons. The van der Waals surface area contributed by atoms with Crippen LogP contribution in [0.5, 0.6) is 0 Å². The van der Waals surface area contributed by atoms with Crippen LogP contribution in [0.15, 0.2) is 122 Å². The number of nitrogens with one attached hydrogen (secondary N) is 2. The Hall–Kier alpha value is -7.60. The number of rotatable bonds is 8. The molecule has 0 atom stereocenters. The van der Waals surface area contributed by atoms with Gasteiger partial charge in [-0.25, -0.2) is 9.80 Å². The van der Waals surface area contributed by atoms with Crippen LogP contribution in [0.1, 0.15) is 98.5 Å². The lowest BCUT2D eigenvalue weighted by atomic mass is 9.78. The molecule has 4 heterocycles. The number of pyridine rings is 2. The molecule has 2 aliphatic heterocycles. The molecule has 4 aromatic carbocycles. The molecule has 0 spiro atoms. The van der Waals surface area contributed by atoms with Gasteiger partial charge in [-0.15, -0.1) is 0 Å². The monoisotopic (exact) mass is 754 g/mol. The molecule has 6 amide bonds. The molecule has 0 saturated heterocycles. The van der Waals surface area contributed by atoms with E-state index in [1.54, 1.807) is 60.9 Å². The van der Waals surface area contributed by atoms with Crippen LogP contribution < -0.4 is 20.4 Å². The third-order valence-electron chi connectivity index (χ3n) is 10.3. The van der Waals surface area contributed by atoms with E-state index in [4.69, 9.17) is 0 Å². The number of fused-ring (bicyclic) bond motifs is 2. The standard InChI is InChI=1S/C45H34N6O6/c1-25-5-13-31(23-46-25)48-39(52)27-7-19-35-37(21-27)43(56)50(41(35)54)33-15-9-29(10-16-33)45(3,4)30-11-17-34(18-12-30)51-42(55)36-20-8-28(22-38(36)44(51)57)40(53)49-32-14-6-26(2)47-24-32/h5-24H,1-4H3,(H,48,52)(H,49,53). The lowest BCUT2D eigenvalue weighted by Gasteiger charge is -2.27. The van der Waals surface area contributed by atoms with Crippen LogP contribution in [-0.2, 0) is 5.41 Å². The highest BCUT2D eigenvalue weighted by Crippen LogP contribution is 2.37. The quantitative estimate of drug-likeness (QED) is 0.151. The lowest BCUT2D eigenvalue weighted by Crippen LogP contribution is -2.30. The third-order valence-corrected chi connectivity index (χ3v) is 10.3. The summed E-state index contributed by atoms with van der Waals surface area (Å²) in [6.07, 6.45) is 3.09. The van der Waals surface area contributed by atoms with Crippen molar-refractivity contribution < 1.29 is 28.8 Å². The zero-order valence-corrected chi connectivity index (χ0v) is 31.3. The van der Waals surface area contributed by atoms with Crippen molar-refractivity contribution in [2.24, 2.45) is 0 Å². The third kappa shape index (κ3) is 6.52. The fraction of sp³-hybridized carbons (Fsp3) is 0.111. The van der Waals surface area contributed by atoms with Gasteiger partial charge in [0.25, 0.3) is 35.4 Å². The Balaban J connectivity index is 0.958. The first-order valence-electron chi connectivity index (χ1n) is 18.0. The first-order chi connectivity index (χ1) is 27.3. The SMILES string of the molecule is Cc1ccc(NC(=O)c2ccc3c(c2)C(=O)N(c2ccc(C(C)(C)c4ccc(N5C(=O)c6ccc(C(=O)Nc7ccc(C)nc7)cc6C5=O)cc4)cc2)C3=O)cn1. The smallest absolute Gasteiger partial charge is 0.266 e. The topological polar surface area (TPSA) is 159 Å². The molecule has 0 saturated carbocycles. The molecule has 12 heteroatoms. The summed E-state index contributed by atoms with van der Waals surface area (Å²) in [6.45, 7) is 7.70. The first-order valence-corrected chi connectivity index (χ1v) is 18.0. The summed E-state index contributed by atoms with van der Waals surface area (Å²) >= 11 is 0. The molecule has 2 aliphatic rings. The van der Waals surface area contributed by atoms with Crippen molar-refractivity contribution in [3.8, 4) is 0 Å². The van der Waals surface area contributed by atoms with E-state index in [0.717, 1.165) is 32.3 Å². The van der Waals surface area contributed by atoms with Crippen LogP contribution >= 0.6 is 0 Å². The van der Waals surface area contributed by atoms with E-state index in [1.807, 2.05) is 52.0 Å². The number of hydrogen-bond donors (Lipinski definition) is 2. The maximum atomic E-state index is 13.6. The van der Waals surface area contributed by atoms with Gasteiger partial charge in [0.05, 0.1) is 57.4 Å². The van der Waals surface area contributed by atoms with Crippen LogP contribution in [0.2, 0.25) is 0 Å². The molecular weight excluding hydrogens is 721 g/mol. The Morgan fingerprint density at radius 3 is 1.21 bits per heavy atom. The van der Waals surface area contributed by atoms with Crippen LogP contribution in [0, 0.1) is 13.8 Å². The van der Waals surface area contributed by atoms with Gasteiger partial charge in [-0.05, 0) is 110 Å². The van der Waals surface area contributed by atoms with Gasteiger partial charge in [0, 0.05) is 27.9 Å². The minimum Gasteiger partial charge on any atom is -0.321 e. The second-order valence-corrected chi connectivity index (χ2v) is 14.4. The van der Waals surface area contributed by atoms with Crippen LogP contribution in [-0.4, -0.2) is 45.4 Å². The number of nitrogens with zero attached hydrogens (tertiary/aromatic N) is 4. The van der Waals surface area contributed by atoms with Gasteiger partial charge in [-0.2, -0.15) is 0 Å². The number of anilines is 4. The number of aromatic nitrogens is 2. The van der Waals surface area contributed by atoms with E-state index in [0.29, 0.717) is 22.7 Å². The van der Waals surface area contributed by atoms with E-state index in [9.17, 15) is 28.8 Å². The van der Waals surface area contributed by atoms with Crippen LogP contribution in [0.25, 0.3) is 0 Å². The highest BCUT2D eigenvalue weighted by Gasteiger charge is 2.39. The Morgan fingerprint density at radius 1 is 0.491 bits per heavy atom. The zero-order valence-electron chi connectivity index (χ0n) is 31.3. The van der Waals surface area contributed by atoms with Gasteiger partial charge in [0.2, 0.25) is 0 Å². The Labute approximate surface area is 327 Å². The number of carbonyl (C=O) groups is 6. The predicted molar refractivity (Wildman–Crippen MR) is 214 cm³/mol. The minimum atomic E-state index is -0.564. The summed E-state index contributed by atoms with van der Waals surface area (Å²) in [5.41, 5.74) is 5.74. The van der Waals surface area contributed by atoms with Gasteiger partial charge in [-0.3, -0.25) is 38.7 Å². The molecule has 0 unspecified atom stereocenters. The summed E-state index contributed by atoms with van der Waals surface area (Å²) in [4.78, 5) is 90.4. The first kappa shape index (κ1) is 36.4. The normalized spacial score (nSPS) is 13.5. The van der Waals surface area contributed by atoms with E-state index >= 15 is 0 Å². The van der Waals surface area contributed by atoms with Crippen molar-refractivity contribution in [3.05, 3.63) is 177 Å². The van der Waals surface area contributed by atoms with Crippen molar-refractivity contribution in [1.29, 1.82) is 0 Å². The van der Waals surface area contributed by atoms with Crippen molar-refractivity contribution in [2.45, 2.75) is 33.1 Å². The molecule has 12 nitrogen and oxygen atoms in total. The molecule has 57 heavy (non-hydrogen) atoms. The van der Waals surface area contributed by atoms with Crippen LogP contribution in [0.3, 0.4) is 0 Å². The molecule has 2 N–H and O–H groups in total. The second kappa shape index (κ2) is 13.9. The number of benzene rings is 4. The van der Waals surface area contributed by atoms with E-state index in [1.165, 1.54) is 36.4 Å². The van der Waals surface area contributed by atoms with Crippen LogP contribution in [0.4, 0.5) is 22.7 Å². The number of amides is 6. The summed E-state index contributed by atoms with van der Waals surface area (Å²) < 4.78 is 0. The summed E-state index contributed by atoms with van der Waals surface area (Å²) in [5.74, 6) is -2.90. The maximum absolute atomic E-state index is 13.6. The fourth-order valence-electron chi connectivity index (χ4n) is 6.94. The predicted octanol–water partition coefficient (Wildman–Crippen LogP) is 7.53. The molecular formula is C45H34N6O6. The fourth-order valence-corrected chi connectivity index (χ4v) is 6.94. The van der Waals surface area contributed by atoms with Crippen molar-refractivity contribution >= 4 is 58.2 Å². The van der Waals surface area contributed by atoms with E-state index in [-0.39, 0.29) is 33.4 Å². The molecule has 0 bridgehead atoms. The molecule has 2 aromatic heterocycles. The summed E-state index contributed by atoms with van der Waals surface area (Å²) in [6, 6.07) is 30.0. The Bertz CT molecular complexity index is 2490. The maximum Gasteiger partial charge on any atom is 0.266 e. The largest absolute Gasteiger partial charge is 0.321 e. The average molecular weight is 755 g/mol. The Kier molecular flexibility index (Phi) is 8.88. The number of aryl methyl sites for hydroxylation is 2. The Morgan fingerprint density at radius 2 is 0.860 bits per heavy atom. The summed E-state index contributed by atoms with van der Waals surface area (Å²) in [7, 11) is 0. The van der Waals surface area contributed by atoms with Gasteiger partial charge in [0.1, 0.15) is 0 Å². The molecule has 0 fully saturated rings. The van der Waals surface area contributed by atoms with E-state index in [2.05, 4.69) is 20.6 Å². The van der Waals surface area contributed by atoms with Gasteiger partial charge in [-0.1, -0.05) is 38.1 Å². The van der Waals surface area contributed by atoms with Crippen molar-refractivity contribution in [1.82, 2.24) is 9.97 Å². The highest BCUT2D eigenvalue weighted by atomic mass is 16.2. The van der Waals surface area contributed by atoms with Gasteiger partial charge >= 0.3 is 0 Å². The van der Waals surface area contributed by atoms with E-state index < -0.39 is 40.9 Å². The molecule has 6 aromatic rings. The molecule has 280 valence electrons.